The lowest BCUT2D eigenvalue weighted by molar-refractivity contribution is 0.0527. The van der Waals surface area contributed by atoms with Crippen molar-refractivity contribution in [2.75, 3.05) is 18.5 Å². The van der Waals surface area contributed by atoms with E-state index in [4.69, 9.17) is 4.74 Å². The predicted molar refractivity (Wildman–Crippen MR) is 83.6 cm³/mol. The number of ether oxygens (including phenoxy) is 1. The van der Waals surface area contributed by atoms with Gasteiger partial charge in [-0.25, -0.2) is 9.78 Å². The van der Waals surface area contributed by atoms with Gasteiger partial charge in [-0.3, -0.25) is 0 Å². The van der Waals surface area contributed by atoms with Crippen molar-refractivity contribution in [3.8, 4) is 0 Å². The van der Waals surface area contributed by atoms with E-state index in [-0.39, 0.29) is 5.97 Å². The zero-order valence-electron chi connectivity index (χ0n) is 12.4. The number of aromatic nitrogens is 1. The fraction of sp³-hybridized carbons (Fsp3) is 0.294. The summed E-state index contributed by atoms with van der Waals surface area (Å²) in [7, 11) is 0. The first kappa shape index (κ1) is 15.0. The van der Waals surface area contributed by atoms with E-state index in [1.54, 1.807) is 25.3 Å². The third-order valence-electron chi connectivity index (χ3n) is 3.09. The van der Waals surface area contributed by atoms with Crippen LogP contribution in [0.25, 0.3) is 0 Å². The summed E-state index contributed by atoms with van der Waals surface area (Å²) in [5.74, 6) is 0.229. The zero-order valence-corrected chi connectivity index (χ0v) is 12.4. The Hall–Kier alpha value is -2.36. The lowest BCUT2D eigenvalue weighted by atomic mass is 10.1. The SMILES string of the molecule is CCOC(=O)c1cccnc1NCCc1cccc(C)c1. The quantitative estimate of drug-likeness (QED) is 0.827. The minimum Gasteiger partial charge on any atom is -0.462 e. The van der Waals surface area contributed by atoms with Crippen LogP contribution in [-0.4, -0.2) is 24.1 Å². The number of rotatable bonds is 6. The van der Waals surface area contributed by atoms with Crippen molar-refractivity contribution >= 4 is 11.8 Å². The first-order chi connectivity index (χ1) is 10.2. The number of nitrogens with one attached hydrogen (secondary N) is 1. The van der Waals surface area contributed by atoms with Crippen LogP contribution in [0.2, 0.25) is 0 Å². The van der Waals surface area contributed by atoms with Crippen molar-refractivity contribution in [3.05, 3.63) is 59.3 Å². The van der Waals surface area contributed by atoms with E-state index in [0.29, 0.717) is 24.5 Å². The van der Waals surface area contributed by atoms with E-state index in [9.17, 15) is 4.79 Å². The van der Waals surface area contributed by atoms with Crippen LogP contribution in [0.4, 0.5) is 5.82 Å². The maximum atomic E-state index is 11.8. The minimum absolute atomic E-state index is 0.344. The smallest absolute Gasteiger partial charge is 0.341 e. The van der Waals surface area contributed by atoms with Gasteiger partial charge in [-0.1, -0.05) is 29.8 Å². The average molecular weight is 284 g/mol. The van der Waals surface area contributed by atoms with Crippen LogP contribution in [0, 0.1) is 6.92 Å². The number of nitrogens with zero attached hydrogens (tertiary/aromatic N) is 1. The molecule has 0 aliphatic heterocycles. The molecule has 0 saturated carbocycles. The Morgan fingerprint density at radius 2 is 2.14 bits per heavy atom. The topological polar surface area (TPSA) is 51.2 Å². The summed E-state index contributed by atoms with van der Waals surface area (Å²) in [6.07, 6.45) is 2.54. The maximum Gasteiger partial charge on any atom is 0.341 e. The van der Waals surface area contributed by atoms with Crippen LogP contribution in [0.3, 0.4) is 0 Å². The lowest BCUT2D eigenvalue weighted by Gasteiger charge is -2.10. The third-order valence-corrected chi connectivity index (χ3v) is 3.09. The molecule has 2 rings (SSSR count). The summed E-state index contributed by atoms with van der Waals surface area (Å²) in [4.78, 5) is 16.1. The molecule has 0 amide bonds. The monoisotopic (exact) mass is 284 g/mol. The molecular formula is C17H20N2O2. The van der Waals surface area contributed by atoms with E-state index in [2.05, 4.69) is 41.5 Å². The molecule has 1 aromatic carbocycles. The summed E-state index contributed by atoms with van der Waals surface area (Å²) in [6, 6.07) is 11.8. The molecule has 4 nitrogen and oxygen atoms in total. The van der Waals surface area contributed by atoms with Crippen molar-refractivity contribution in [2.45, 2.75) is 20.3 Å². The summed E-state index contributed by atoms with van der Waals surface area (Å²) in [6.45, 7) is 4.94. The van der Waals surface area contributed by atoms with Gasteiger partial charge < -0.3 is 10.1 Å². The molecule has 1 N–H and O–H groups in total. The van der Waals surface area contributed by atoms with Gasteiger partial charge in [0.15, 0.2) is 0 Å². The summed E-state index contributed by atoms with van der Waals surface area (Å²) >= 11 is 0. The molecule has 110 valence electrons. The lowest BCUT2D eigenvalue weighted by Crippen LogP contribution is -2.13. The highest BCUT2D eigenvalue weighted by Gasteiger charge is 2.12. The second-order valence-electron chi connectivity index (χ2n) is 4.79. The molecule has 21 heavy (non-hydrogen) atoms. The van der Waals surface area contributed by atoms with Crippen molar-refractivity contribution in [2.24, 2.45) is 0 Å². The second kappa shape index (κ2) is 7.43. The fourth-order valence-electron chi connectivity index (χ4n) is 2.11. The highest BCUT2D eigenvalue weighted by atomic mass is 16.5. The Kier molecular flexibility index (Phi) is 5.32. The van der Waals surface area contributed by atoms with Gasteiger partial charge in [0, 0.05) is 12.7 Å². The number of anilines is 1. The van der Waals surface area contributed by atoms with Gasteiger partial charge in [0.2, 0.25) is 0 Å². The molecule has 0 aliphatic carbocycles. The molecule has 1 aromatic heterocycles. The second-order valence-corrected chi connectivity index (χ2v) is 4.79. The number of hydrogen-bond acceptors (Lipinski definition) is 4. The summed E-state index contributed by atoms with van der Waals surface area (Å²) in [5.41, 5.74) is 2.98. The van der Waals surface area contributed by atoms with E-state index < -0.39 is 0 Å². The number of esters is 1. The first-order valence-corrected chi connectivity index (χ1v) is 7.12. The molecule has 0 unspecified atom stereocenters. The largest absolute Gasteiger partial charge is 0.462 e. The number of carbonyl (C=O) groups is 1. The number of hydrogen-bond donors (Lipinski definition) is 1. The van der Waals surface area contributed by atoms with Gasteiger partial charge in [-0.15, -0.1) is 0 Å². The Balaban J connectivity index is 1.98. The molecular weight excluding hydrogens is 264 g/mol. The van der Waals surface area contributed by atoms with Crippen molar-refractivity contribution < 1.29 is 9.53 Å². The average Bonchev–Trinajstić information content (AvgIpc) is 2.48. The van der Waals surface area contributed by atoms with Gasteiger partial charge in [-0.2, -0.15) is 0 Å². The highest BCUT2D eigenvalue weighted by molar-refractivity contribution is 5.94. The van der Waals surface area contributed by atoms with Crippen LogP contribution in [0.5, 0.6) is 0 Å². The fourth-order valence-corrected chi connectivity index (χ4v) is 2.11. The van der Waals surface area contributed by atoms with E-state index in [0.717, 1.165) is 6.42 Å². The van der Waals surface area contributed by atoms with E-state index in [1.807, 2.05) is 0 Å². The molecule has 0 spiro atoms. The molecule has 1 heterocycles. The molecule has 0 atom stereocenters. The van der Waals surface area contributed by atoms with Crippen LogP contribution in [0.1, 0.15) is 28.4 Å². The van der Waals surface area contributed by atoms with Gasteiger partial charge >= 0.3 is 5.97 Å². The van der Waals surface area contributed by atoms with E-state index in [1.165, 1.54) is 11.1 Å². The number of pyridine rings is 1. The number of carbonyl (C=O) groups excluding carboxylic acids is 1. The molecule has 0 aliphatic rings. The molecule has 0 saturated heterocycles. The molecule has 0 fully saturated rings. The van der Waals surface area contributed by atoms with Crippen LogP contribution in [-0.2, 0) is 11.2 Å². The molecule has 0 radical (unpaired) electrons. The highest BCUT2D eigenvalue weighted by Crippen LogP contribution is 2.13. The normalized spacial score (nSPS) is 10.2. The van der Waals surface area contributed by atoms with E-state index >= 15 is 0 Å². The summed E-state index contributed by atoms with van der Waals surface area (Å²) in [5, 5.41) is 3.21. The zero-order chi connectivity index (χ0) is 15.1. The van der Waals surface area contributed by atoms with Gasteiger partial charge in [-0.05, 0) is 38.0 Å². The molecule has 2 aromatic rings. The molecule has 0 bridgehead atoms. The maximum absolute atomic E-state index is 11.8. The standard InChI is InChI=1S/C17H20N2O2/c1-3-21-17(20)15-8-5-10-18-16(15)19-11-9-14-7-4-6-13(2)12-14/h4-8,10,12H,3,9,11H2,1-2H3,(H,18,19). The third kappa shape index (κ3) is 4.31. The Morgan fingerprint density at radius 1 is 1.29 bits per heavy atom. The van der Waals surface area contributed by atoms with Crippen molar-refractivity contribution in [1.82, 2.24) is 4.98 Å². The van der Waals surface area contributed by atoms with Crippen LogP contribution < -0.4 is 5.32 Å². The summed E-state index contributed by atoms with van der Waals surface area (Å²) < 4.78 is 5.03. The first-order valence-electron chi connectivity index (χ1n) is 7.12. The Morgan fingerprint density at radius 3 is 2.90 bits per heavy atom. The molecule has 4 heteroatoms. The van der Waals surface area contributed by atoms with Gasteiger partial charge in [0.05, 0.1) is 6.61 Å². The van der Waals surface area contributed by atoms with Crippen LogP contribution in [0.15, 0.2) is 42.6 Å². The van der Waals surface area contributed by atoms with Crippen LogP contribution >= 0.6 is 0 Å². The Bertz CT molecular complexity index is 611. The number of benzene rings is 1. The van der Waals surface area contributed by atoms with Gasteiger partial charge in [0.1, 0.15) is 11.4 Å². The predicted octanol–water partition coefficient (Wildman–Crippen LogP) is 3.22. The number of aryl methyl sites for hydroxylation is 1. The minimum atomic E-state index is -0.344. The van der Waals surface area contributed by atoms with Crippen molar-refractivity contribution in [1.29, 1.82) is 0 Å². The van der Waals surface area contributed by atoms with Crippen molar-refractivity contribution in [3.63, 3.8) is 0 Å². The van der Waals surface area contributed by atoms with Gasteiger partial charge in [0.25, 0.3) is 0 Å². The Labute approximate surface area is 125 Å².